The van der Waals surface area contributed by atoms with Gasteiger partial charge in [-0.2, -0.15) is 0 Å². The van der Waals surface area contributed by atoms with E-state index in [1.807, 2.05) is 18.2 Å². The van der Waals surface area contributed by atoms with Gasteiger partial charge in [-0.15, -0.1) is 17.0 Å². The predicted molar refractivity (Wildman–Crippen MR) is 75.3 cm³/mol. The average Bonchev–Trinajstić information content (AvgIpc) is 2.29. The van der Waals surface area contributed by atoms with Gasteiger partial charge in [-0.1, -0.05) is 24.3 Å². The van der Waals surface area contributed by atoms with Gasteiger partial charge in [-0.05, 0) is 34.9 Å². The minimum Gasteiger partial charge on any atom is -0.508 e. The summed E-state index contributed by atoms with van der Waals surface area (Å²) in [6, 6.07) is 9.73. The minimum absolute atomic E-state index is 0. The van der Waals surface area contributed by atoms with Crippen LogP contribution in [-0.2, 0) is 11.2 Å². The number of halogens is 1. The van der Waals surface area contributed by atoms with Crippen LogP contribution < -0.4 is 5.73 Å². The van der Waals surface area contributed by atoms with E-state index in [1.54, 1.807) is 18.2 Å². The third-order valence-corrected chi connectivity index (χ3v) is 2.66. The SMILES string of the molecule is Br.NC(Cc1ccc2cc(O)ccc2c1)C(=O)O. The summed E-state index contributed by atoms with van der Waals surface area (Å²) in [6.45, 7) is 0. The van der Waals surface area contributed by atoms with E-state index in [4.69, 9.17) is 10.8 Å². The Bertz CT molecular complexity index is 571. The van der Waals surface area contributed by atoms with E-state index in [9.17, 15) is 9.90 Å². The second kappa shape index (κ2) is 5.84. The maximum Gasteiger partial charge on any atom is 0.320 e. The van der Waals surface area contributed by atoms with Crippen LogP contribution in [0.15, 0.2) is 36.4 Å². The van der Waals surface area contributed by atoms with Gasteiger partial charge in [0.2, 0.25) is 0 Å². The number of aromatic hydroxyl groups is 1. The third kappa shape index (κ3) is 3.21. The van der Waals surface area contributed by atoms with Gasteiger partial charge in [0.25, 0.3) is 0 Å². The summed E-state index contributed by atoms with van der Waals surface area (Å²) in [5.41, 5.74) is 6.35. The number of fused-ring (bicyclic) bond motifs is 1. The maximum absolute atomic E-state index is 10.7. The van der Waals surface area contributed by atoms with Crippen LogP contribution in [0.2, 0.25) is 0 Å². The highest BCUT2D eigenvalue weighted by molar-refractivity contribution is 8.93. The van der Waals surface area contributed by atoms with Crippen molar-refractivity contribution < 1.29 is 15.0 Å². The first-order valence-electron chi connectivity index (χ1n) is 5.26. The van der Waals surface area contributed by atoms with Crippen molar-refractivity contribution in [2.45, 2.75) is 12.5 Å². The Balaban J connectivity index is 0.00000162. The Labute approximate surface area is 115 Å². The lowest BCUT2D eigenvalue weighted by molar-refractivity contribution is -0.138. The predicted octanol–water partition coefficient (Wildman–Crippen LogP) is 2.08. The van der Waals surface area contributed by atoms with Crippen molar-refractivity contribution in [2.24, 2.45) is 5.73 Å². The topological polar surface area (TPSA) is 83.5 Å². The molecular formula is C13H14BrNO3. The van der Waals surface area contributed by atoms with E-state index in [1.165, 1.54) is 0 Å². The quantitative estimate of drug-likeness (QED) is 0.810. The molecule has 96 valence electrons. The van der Waals surface area contributed by atoms with Crippen molar-refractivity contribution in [2.75, 3.05) is 0 Å². The summed E-state index contributed by atoms with van der Waals surface area (Å²) in [4.78, 5) is 10.7. The number of benzene rings is 2. The molecule has 0 radical (unpaired) electrons. The molecular weight excluding hydrogens is 298 g/mol. The highest BCUT2D eigenvalue weighted by Gasteiger charge is 2.12. The number of phenolic OH excluding ortho intramolecular Hbond substituents is 1. The van der Waals surface area contributed by atoms with E-state index in [-0.39, 0.29) is 22.7 Å². The Hall–Kier alpha value is -1.59. The summed E-state index contributed by atoms with van der Waals surface area (Å²) in [5, 5.41) is 19.9. The lowest BCUT2D eigenvalue weighted by Crippen LogP contribution is -2.32. The monoisotopic (exact) mass is 311 g/mol. The Morgan fingerprint density at radius 2 is 1.78 bits per heavy atom. The van der Waals surface area contributed by atoms with Gasteiger partial charge in [0.15, 0.2) is 0 Å². The average molecular weight is 312 g/mol. The Morgan fingerprint density at radius 3 is 2.44 bits per heavy atom. The zero-order valence-corrected chi connectivity index (χ0v) is 11.2. The number of rotatable bonds is 3. The van der Waals surface area contributed by atoms with Crippen LogP contribution in [0, 0.1) is 0 Å². The zero-order valence-electron chi connectivity index (χ0n) is 9.54. The van der Waals surface area contributed by atoms with Crippen molar-refractivity contribution >= 4 is 33.7 Å². The second-order valence-corrected chi connectivity index (χ2v) is 4.01. The first kappa shape index (κ1) is 14.5. The zero-order chi connectivity index (χ0) is 12.4. The number of carboxylic acid groups (broad SMARTS) is 1. The van der Waals surface area contributed by atoms with Crippen LogP contribution in [0.4, 0.5) is 0 Å². The summed E-state index contributed by atoms with van der Waals surface area (Å²) in [7, 11) is 0. The fraction of sp³-hybridized carbons (Fsp3) is 0.154. The lowest BCUT2D eigenvalue weighted by atomic mass is 10.0. The molecule has 0 aliphatic rings. The van der Waals surface area contributed by atoms with Gasteiger partial charge in [-0.3, -0.25) is 4.79 Å². The van der Waals surface area contributed by atoms with Gasteiger partial charge >= 0.3 is 5.97 Å². The molecule has 0 spiro atoms. The Kier molecular flexibility index (Phi) is 4.69. The molecule has 0 aliphatic heterocycles. The van der Waals surface area contributed by atoms with Crippen molar-refractivity contribution in [3.63, 3.8) is 0 Å². The van der Waals surface area contributed by atoms with Crippen LogP contribution in [-0.4, -0.2) is 22.2 Å². The number of phenols is 1. The van der Waals surface area contributed by atoms with E-state index in [2.05, 4.69) is 0 Å². The molecule has 4 N–H and O–H groups in total. The van der Waals surface area contributed by atoms with E-state index in [0.29, 0.717) is 6.42 Å². The molecule has 2 rings (SSSR count). The van der Waals surface area contributed by atoms with Crippen LogP contribution >= 0.6 is 17.0 Å². The fourth-order valence-electron chi connectivity index (χ4n) is 1.75. The molecule has 0 aliphatic carbocycles. The van der Waals surface area contributed by atoms with E-state index >= 15 is 0 Å². The van der Waals surface area contributed by atoms with Crippen LogP contribution in [0.1, 0.15) is 5.56 Å². The third-order valence-electron chi connectivity index (χ3n) is 2.66. The molecule has 2 aromatic carbocycles. The first-order valence-corrected chi connectivity index (χ1v) is 5.26. The normalized spacial score (nSPS) is 11.8. The van der Waals surface area contributed by atoms with Crippen molar-refractivity contribution in [3.8, 4) is 5.75 Å². The molecule has 0 fully saturated rings. The molecule has 0 saturated carbocycles. The Morgan fingerprint density at radius 1 is 1.17 bits per heavy atom. The molecule has 2 aromatic rings. The highest BCUT2D eigenvalue weighted by atomic mass is 79.9. The van der Waals surface area contributed by atoms with Crippen LogP contribution in [0.25, 0.3) is 10.8 Å². The number of hydrogen-bond acceptors (Lipinski definition) is 3. The molecule has 5 heteroatoms. The molecule has 0 aromatic heterocycles. The van der Waals surface area contributed by atoms with Crippen LogP contribution in [0.3, 0.4) is 0 Å². The first-order chi connectivity index (χ1) is 8.06. The smallest absolute Gasteiger partial charge is 0.320 e. The highest BCUT2D eigenvalue weighted by Crippen LogP contribution is 2.21. The molecule has 1 atom stereocenters. The largest absolute Gasteiger partial charge is 0.508 e. The van der Waals surface area contributed by atoms with Gasteiger partial charge < -0.3 is 15.9 Å². The molecule has 0 bridgehead atoms. The van der Waals surface area contributed by atoms with Crippen molar-refractivity contribution in [1.29, 1.82) is 0 Å². The van der Waals surface area contributed by atoms with Gasteiger partial charge in [0.05, 0.1) is 0 Å². The number of hydrogen-bond donors (Lipinski definition) is 3. The van der Waals surface area contributed by atoms with Crippen molar-refractivity contribution in [3.05, 3.63) is 42.0 Å². The molecule has 0 amide bonds. The number of carbonyl (C=O) groups is 1. The standard InChI is InChI=1S/C13H13NO3.BrH/c14-12(13(16)17)6-8-1-2-10-7-11(15)4-3-9(10)5-8;/h1-5,7,12,15H,6,14H2,(H,16,17);1H. The summed E-state index contributed by atoms with van der Waals surface area (Å²) in [5.74, 6) is -0.789. The van der Waals surface area contributed by atoms with E-state index < -0.39 is 12.0 Å². The van der Waals surface area contributed by atoms with Crippen LogP contribution in [0.5, 0.6) is 5.75 Å². The second-order valence-electron chi connectivity index (χ2n) is 4.01. The van der Waals surface area contributed by atoms with E-state index in [0.717, 1.165) is 16.3 Å². The van der Waals surface area contributed by atoms with Gasteiger partial charge in [-0.25, -0.2) is 0 Å². The van der Waals surface area contributed by atoms with Gasteiger partial charge in [0.1, 0.15) is 11.8 Å². The molecule has 0 heterocycles. The molecule has 4 nitrogen and oxygen atoms in total. The summed E-state index contributed by atoms with van der Waals surface area (Å²) in [6.07, 6.45) is 0.298. The molecule has 0 saturated heterocycles. The number of aliphatic carboxylic acids is 1. The molecule has 1 unspecified atom stereocenters. The van der Waals surface area contributed by atoms with Gasteiger partial charge in [0, 0.05) is 0 Å². The minimum atomic E-state index is -1.00. The maximum atomic E-state index is 10.7. The summed E-state index contributed by atoms with van der Waals surface area (Å²) >= 11 is 0. The lowest BCUT2D eigenvalue weighted by Gasteiger charge is -2.07. The summed E-state index contributed by atoms with van der Waals surface area (Å²) < 4.78 is 0. The molecule has 18 heavy (non-hydrogen) atoms. The number of carboxylic acids is 1. The number of nitrogens with two attached hydrogens (primary N) is 1. The van der Waals surface area contributed by atoms with Crippen molar-refractivity contribution in [1.82, 2.24) is 0 Å². The fourth-order valence-corrected chi connectivity index (χ4v) is 1.75.